The molecule has 2 atom stereocenters. The quantitative estimate of drug-likeness (QED) is 0.880. The summed E-state index contributed by atoms with van der Waals surface area (Å²) in [5.74, 6) is -1.12. The SMILES string of the molecule is C[C@@H]1CN(C(=O)Nc2cc(Cl)ccc2C(=O)O)C[C@H](C)O1. The molecule has 2 amide bonds. The molecule has 0 bridgehead atoms. The number of halogens is 1. The van der Waals surface area contributed by atoms with Gasteiger partial charge >= 0.3 is 12.0 Å². The second-order valence-corrected chi connectivity index (χ2v) is 5.52. The van der Waals surface area contributed by atoms with E-state index in [0.29, 0.717) is 18.1 Å². The first-order valence-electron chi connectivity index (χ1n) is 6.61. The number of rotatable bonds is 2. The molecule has 1 heterocycles. The summed E-state index contributed by atoms with van der Waals surface area (Å²) < 4.78 is 5.56. The number of amides is 2. The van der Waals surface area contributed by atoms with Crippen molar-refractivity contribution in [2.24, 2.45) is 0 Å². The Balaban J connectivity index is 2.16. The Morgan fingerprint density at radius 2 is 1.95 bits per heavy atom. The summed E-state index contributed by atoms with van der Waals surface area (Å²) in [5, 5.41) is 12.1. The molecule has 1 fully saturated rings. The van der Waals surface area contributed by atoms with E-state index in [1.807, 2.05) is 13.8 Å². The van der Waals surface area contributed by atoms with Crippen LogP contribution in [-0.2, 0) is 4.74 Å². The lowest BCUT2D eigenvalue weighted by molar-refractivity contribution is -0.0530. The fourth-order valence-corrected chi connectivity index (χ4v) is 2.52. The number of ether oxygens (including phenoxy) is 1. The molecular weight excluding hydrogens is 296 g/mol. The monoisotopic (exact) mass is 312 g/mol. The predicted molar refractivity (Wildman–Crippen MR) is 79.0 cm³/mol. The van der Waals surface area contributed by atoms with Gasteiger partial charge in [-0.1, -0.05) is 11.6 Å². The van der Waals surface area contributed by atoms with Gasteiger partial charge in [-0.3, -0.25) is 0 Å². The number of aromatic carboxylic acids is 1. The lowest BCUT2D eigenvalue weighted by atomic mass is 10.2. The Kier molecular flexibility index (Phi) is 4.69. The number of nitrogens with one attached hydrogen (secondary N) is 1. The normalized spacial score (nSPS) is 22.0. The van der Waals surface area contributed by atoms with Crippen molar-refractivity contribution < 1.29 is 19.4 Å². The number of urea groups is 1. The third-order valence-electron chi connectivity index (χ3n) is 3.16. The Bertz CT molecular complexity index is 554. The maximum absolute atomic E-state index is 12.3. The number of carbonyl (C=O) groups excluding carboxylic acids is 1. The van der Waals surface area contributed by atoms with Crippen molar-refractivity contribution in [3.8, 4) is 0 Å². The van der Waals surface area contributed by atoms with Crippen LogP contribution in [0.3, 0.4) is 0 Å². The summed E-state index contributed by atoms with van der Waals surface area (Å²) in [6, 6.07) is 3.91. The first-order chi connectivity index (χ1) is 9.86. The Morgan fingerprint density at radius 1 is 1.33 bits per heavy atom. The fraction of sp³-hybridized carbons (Fsp3) is 0.429. The van der Waals surface area contributed by atoms with Crippen LogP contribution in [0.1, 0.15) is 24.2 Å². The van der Waals surface area contributed by atoms with Crippen LogP contribution in [-0.4, -0.2) is 47.3 Å². The van der Waals surface area contributed by atoms with E-state index in [9.17, 15) is 9.59 Å². The number of morpholine rings is 1. The van der Waals surface area contributed by atoms with E-state index in [1.54, 1.807) is 4.90 Å². The lowest BCUT2D eigenvalue weighted by Gasteiger charge is -2.35. The second-order valence-electron chi connectivity index (χ2n) is 5.09. The van der Waals surface area contributed by atoms with Gasteiger partial charge in [0.1, 0.15) is 0 Å². The summed E-state index contributed by atoms with van der Waals surface area (Å²) in [7, 11) is 0. The number of benzene rings is 1. The molecule has 1 aromatic carbocycles. The minimum absolute atomic E-state index is 0.00195. The van der Waals surface area contributed by atoms with Crippen LogP contribution < -0.4 is 5.32 Å². The van der Waals surface area contributed by atoms with Gasteiger partial charge in [-0.2, -0.15) is 0 Å². The van der Waals surface area contributed by atoms with Crippen molar-refractivity contribution >= 4 is 29.3 Å². The zero-order valence-electron chi connectivity index (χ0n) is 11.8. The molecule has 0 saturated carbocycles. The van der Waals surface area contributed by atoms with Crippen molar-refractivity contribution in [1.82, 2.24) is 4.90 Å². The van der Waals surface area contributed by atoms with Gasteiger partial charge in [-0.15, -0.1) is 0 Å². The van der Waals surface area contributed by atoms with Crippen molar-refractivity contribution in [3.05, 3.63) is 28.8 Å². The van der Waals surface area contributed by atoms with Crippen molar-refractivity contribution in [1.29, 1.82) is 0 Å². The van der Waals surface area contributed by atoms with Crippen LogP contribution in [0.15, 0.2) is 18.2 Å². The average Bonchev–Trinajstić information content (AvgIpc) is 2.37. The summed E-state index contributed by atoms with van der Waals surface area (Å²) >= 11 is 5.86. The van der Waals surface area contributed by atoms with Crippen LogP contribution in [0.5, 0.6) is 0 Å². The molecule has 1 aromatic rings. The number of nitrogens with zero attached hydrogens (tertiary/aromatic N) is 1. The molecule has 0 spiro atoms. The van der Waals surface area contributed by atoms with Crippen LogP contribution in [0.25, 0.3) is 0 Å². The number of anilines is 1. The van der Waals surface area contributed by atoms with E-state index >= 15 is 0 Å². The van der Waals surface area contributed by atoms with Gasteiger partial charge in [0, 0.05) is 18.1 Å². The lowest BCUT2D eigenvalue weighted by Crippen LogP contribution is -2.49. The highest BCUT2D eigenvalue weighted by atomic mass is 35.5. The third kappa shape index (κ3) is 3.86. The summed E-state index contributed by atoms with van der Waals surface area (Å²) in [5.41, 5.74) is 0.189. The molecule has 2 N–H and O–H groups in total. The average molecular weight is 313 g/mol. The topological polar surface area (TPSA) is 78.9 Å². The van der Waals surface area contributed by atoms with E-state index in [-0.39, 0.29) is 29.5 Å². The van der Waals surface area contributed by atoms with Crippen LogP contribution in [0.4, 0.5) is 10.5 Å². The molecule has 0 unspecified atom stereocenters. The smallest absolute Gasteiger partial charge is 0.337 e. The number of hydrogen-bond donors (Lipinski definition) is 2. The molecular formula is C14H17ClN2O4. The molecule has 114 valence electrons. The number of hydrogen-bond acceptors (Lipinski definition) is 3. The zero-order valence-corrected chi connectivity index (χ0v) is 12.6. The number of carboxylic acids is 1. The van der Waals surface area contributed by atoms with Gasteiger partial charge < -0.3 is 20.1 Å². The van der Waals surface area contributed by atoms with Gasteiger partial charge in [-0.25, -0.2) is 9.59 Å². The summed E-state index contributed by atoms with van der Waals surface area (Å²) in [6.07, 6.45) is -0.115. The van der Waals surface area contributed by atoms with Crippen LogP contribution in [0.2, 0.25) is 5.02 Å². The minimum Gasteiger partial charge on any atom is -0.478 e. The van der Waals surface area contributed by atoms with Crippen molar-refractivity contribution in [3.63, 3.8) is 0 Å². The first-order valence-corrected chi connectivity index (χ1v) is 6.99. The van der Waals surface area contributed by atoms with Crippen molar-refractivity contribution in [2.75, 3.05) is 18.4 Å². The van der Waals surface area contributed by atoms with Gasteiger partial charge in [0.15, 0.2) is 0 Å². The maximum atomic E-state index is 12.3. The summed E-state index contributed by atoms with van der Waals surface area (Å²) in [4.78, 5) is 25.0. The largest absolute Gasteiger partial charge is 0.478 e. The third-order valence-corrected chi connectivity index (χ3v) is 3.40. The first kappa shape index (κ1) is 15.6. The van der Waals surface area contributed by atoms with Crippen LogP contribution >= 0.6 is 11.6 Å². The minimum atomic E-state index is -1.12. The maximum Gasteiger partial charge on any atom is 0.337 e. The van der Waals surface area contributed by atoms with Gasteiger partial charge in [-0.05, 0) is 32.0 Å². The van der Waals surface area contributed by atoms with Crippen molar-refractivity contribution in [2.45, 2.75) is 26.1 Å². The molecule has 1 saturated heterocycles. The second kappa shape index (κ2) is 6.32. The Hall–Kier alpha value is -1.79. The van der Waals surface area contributed by atoms with Crippen LogP contribution in [0, 0.1) is 0 Å². The molecule has 21 heavy (non-hydrogen) atoms. The van der Waals surface area contributed by atoms with Gasteiger partial charge in [0.2, 0.25) is 0 Å². The molecule has 0 aliphatic carbocycles. The fourth-order valence-electron chi connectivity index (χ4n) is 2.34. The van der Waals surface area contributed by atoms with Gasteiger partial charge in [0.25, 0.3) is 0 Å². The zero-order chi connectivity index (χ0) is 15.6. The standard InChI is InChI=1S/C14H17ClN2O4/c1-8-6-17(7-9(2)21-8)14(20)16-12-5-10(15)3-4-11(12)13(18)19/h3-5,8-9H,6-7H2,1-2H3,(H,16,20)(H,18,19)/t8-,9+. The molecule has 0 radical (unpaired) electrons. The Morgan fingerprint density at radius 3 is 2.52 bits per heavy atom. The van der Waals surface area contributed by atoms with E-state index in [2.05, 4.69) is 5.32 Å². The van der Waals surface area contributed by atoms with E-state index in [4.69, 9.17) is 21.4 Å². The highest BCUT2D eigenvalue weighted by Gasteiger charge is 2.26. The summed E-state index contributed by atoms with van der Waals surface area (Å²) in [6.45, 7) is 4.69. The number of carboxylic acid groups (broad SMARTS) is 1. The Labute approximate surface area is 127 Å². The molecule has 7 heteroatoms. The van der Waals surface area contributed by atoms with E-state index in [1.165, 1.54) is 18.2 Å². The van der Waals surface area contributed by atoms with Gasteiger partial charge in [0.05, 0.1) is 23.5 Å². The number of carbonyl (C=O) groups is 2. The molecule has 1 aliphatic heterocycles. The molecule has 6 nitrogen and oxygen atoms in total. The highest BCUT2D eigenvalue weighted by Crippen LogP contribution is 2.22. The molecule has 2 rings (SSSR count). The van der Waals surface area contributed by atoms with E-state index < -0.39 is 5.97 Å². The predicted octanol–water partition coefficient (Wildman–Crippen LogP) is 2.68. The molecule has 1 aliphatic rings. The van der Waals surface area contributed by atoms with E-state index in [0.717, 1.165) is 0 Å². The molecule has 0 aromatic heterocycles. The highest BCUT2D eigenvalue weighted by molar-refractivity contribution is 6.31.